The van der Waals surface area contributed by atoms with Crippen LogP contribution in [0, 0.1) is 0 Å². The maximum absolute atomic E-state index is 5.91. The van der Waals surface area contributed by atoms with Crippen molar-refractivity contribution in [3.05, 3.63) is 46.6 Å². The van der Waals surface area contributed by atoms with Crippen molar-refractivity contribution in [3.8, 4) is 11.5 Å². The van der Waals surface area contributed by atoms with Crippen molar-refractivity contribution in [1.29, 1.82) is 0 Å². The summed E-state index contributed by atoms with van der Waals surface area (Å²) in [6, 6.07) is 9.00. The molecule has 2 aromatic heterocycles. The molecule has 0 bridgehead atoms. The fourth-order valence-corrected chi connectivity index (χ4v) is 1.89. The van der Waals surface area contributed by atoms with Crippen LogP contribution in [-0.2, 0) is 0 Å². The molecule has 0 saturated heterocycles. The number of halogens is 2. The largest absolute Gasteiger partial charge is 0.418 e. The number of aromatic nitrogens is 2. The van der Waals surface area contributed by atoms with Crippen LogP contribution in [0.15, 0.2) is 40.9 Å². The molecule has 1 aromatic carbocycles. The summed E-state index contributed by atoms with van der Waals surface area (Å²) in [6.45, 7) is 0. The molecule has 0 aliphatic heterocycles. The molecule has 0 radical (unpaired) electrons. The number of pyridine rings is 1. The van der Waals surface area contributed by atoms with Gasteiger partial charge in [-0.15, -0.1) is 0 Å². The number of benzene rings is 1. The lowest BCUT2D eigenvalue weighted by molar-refractivity contribution is 0.608. The smallest absolute Gasteiger partial charge is 0.247 e. The Hall–Kier alpha value is -1.58. The van der Waals surface area contributed by atoms with Crippen LogP contribution in [-0.4, -0.2) is 9.97 Å². The zero-order chi connectivity index (χ0) is 11.8. The van der Waals surface area contributed by atoms with E-state index in [0.29, 0.717) is 27.2 Å². The van der Waals surface area contributed by atoms with Gasteiger partial charge in [0.15, 0.2) is 0 Å². The summed E-state index contributed by atoms with van der Waals surface area (Å²) in [5, 5.41) is 1.17. The van der Waals surface area contributed by atoms with Crippen molar-refractivity contribution >= 4 is 34.4 Å². The summed E-state index contributed by atoms with van der Waals surface area (Å²) < 4.78 is 5.52. The van der Waals surface area contributed by atoms with Gasteiger partial charge in [0.2, 0.25) is 11.6 Å². The molecular weight excluding hydrogens is 259 g/mol. The molecule has 3 nitrogen and oxygen atoms in total. The summed E-state index contributed by atoms with van der Waals surface area (Å²) in [5.41, 5.74) is 1.91. The number of rotatable bonds is 1. The average Bonchev–Trinajstić information content (AvgIpc) is 2.72. The van der Waals surface area contributed by atoms with Crippen molar-refractivity contribution in [2.75, 3.05) is 0 Å². The average molecular weight is 265 g/mol. The summed E-state index contributed by atoms with van der Waals surface area (Å²) in [7, 11) is 0. The third kappa shape index (κ3) is 1.99. The molecule has 0 aliphatic carbocycles. The molecule has 0 amide bonds. The van der Waals surface area contributed by atoms with E-state index in [1.165, 1.54) is 6.20 Å². The van der Waals surface area contributed by atoms with Gasteiger partial charge in [-0.3, -0.25) is 0 Å². The Kier molecular flexibility index (Phi) is 2.50. The van der Waals surface area contributed by atoms with Gasteiger partial charge in [-0.25, -0.2) is 9.97 Å². The molecule has 17 heavy (non-hydrogen) atoms. The van der Waals surface area contributed by atoms with E-state index in [2.05, 4.69) is 9.97 Å². The van der Waals surface area contributed by atoms with E-state index in [-0.39, 0.29) is 0 Å². The summed E-state index contributed by atoms with van der Waals surface area (Å²) in [4.78, 5) is 8.37. The lowest BCUT2D eigenvalue weighted by Gasteiger charge is -1.94. The van der Waals surface area contributed by atoms with Crippen LogP contribution in [0.25, 0.3) is 22.7 Å². The number of oxazole rings is 1. The van der Waals surface area contributed by atoms with Crippen LogP contribution in [0.5, 0.6) is 0 Å². The van der Waals surface area contributed by atoms with Gasteiger partial charge in [0.25, 0.3) is 0 Å². The molecule has 0 N–H and O–H groups in total. The van der Waals surface area contributed by atoms with Crippen molar-refractivity contribution in [1.82, 2.24) is 9.97 Å². The Labute approximate surface area is 107 Å². The van der Waals surface area contributed by atoms with Crippen molar-refractivity contribution in [2.24, 2.45) is 0 Å². The fourth-order valence-electron chi connectivity index (χ4n) is 1.54. The quantitative estimate of drug-likeness (QED) is 0.662. The first-order chi connectivity index (χ1) is 8.22. The van der Waals surface area contributed by atoms with E-state index < -0.39 is 0 Å². The summed E-state index contributed by atoms with van der Waals surface area (Å²) in [5.74, 6) is 0.484. The fraction of sp³-hybridized carbons (Fsp3) is 0. The normalized spacial score (nSPS) is 10.9. The van der Waals surface area contributed by atoms with Gasteiger partial charge >= 0.3 is 0 Å². The molecule has 2 heterocycles. The second-order valence-electron chi connectivity index (χ2n) is 3.51. The Bertz CT molecular complexity index is 694. The first-order valence-electron chi connectivity index (χ1n) is 4.90. The zero-order valence-corrected chi connectivity index (χ0v) is 10.0. The van der Waals surface area contributed by atoms with Crippen molar-refractivity contribution in [3.63, 3.8) is 0 Å². The standard InChI is InChI=1S/C12H6Cl2N2O/c13-8-3-1-2-7(4-8)11-16-10-5-9(14)6-15-12(10)17-11/h1-6H. The Morgan fingerprint density at radius 1 is 1.06 bits per heavy atom. The van der Waals surface area contributed by atoms with Crippen LogP contribution in [0.4, 0.5) is 0 Å². The third-order valence-electron chi connectivity index (χ3n) is 2.29. The molecule has 3 rings (SSSR count). The Morgan fingerprint density at radius 2 is 1.94 bits per heavy atom. The van der Waals surface area contributed by atoms with Gasteiger partial charge in [-0.2, -0.15) is 0 Å². The highest BCUT2D eigenvalue weighted by molar-refractivity contribution is 6.31. The maximum Gasteiger partial charge on any atom is 0.247 e. The molecule has 0 atom stereocenters. The molecule has 84 valence electrons. The molecule has 3 aromatic rings. The van der Waals surface area contributed by atoms with E-state index in [1.54, 1.807) is 18.2 Å². The lowest BCUT2D eigenvalue weighted by atomic mass is 10.2. The topological polar surface area (TPSA) is 38.9 Å². The van der Waals surface area contributed by atoms with Crippen molar-refractivity contribution < 1.29 is 4.42 Å². The molecule has 0 unspecified atom stereocenters. The summed E-state index contributed by atoms with van der Waals surface area (Å²) in [6.07, 6.45) is 1.52. The lowest BCUT2D eigenvalue weighted by Crippen LogP contribution is -1.76. The second-order valence-corrected chi connectivity index (χ2v) is 4.38. The SMILES string of the molecule is Clc1cccc(-c2nc3cc(Cl)cnc3o2)c1. The van der Waals surface area contributed by atoms with Gasteiger partial charge in [-0.1, -0.05) is 29.3 Å². The predicted octanol–water partition coefficient (Wildman–Crippen LogP) is 4.20. The van der Waals surface area contributed by atoms with Crippen molar-refractivity contribution in [2.45, 2.75) is 0 Å². The van der Waals surface area contributed by atoms with Gasteiger partial charge in [0.1, 0.15) is 5.52 Å². The second kappa shape index (κ2) is 4.02. The zero-order valence-electron chi connectivity index (χ0n) is 8.52. The molecule has 5 heteroatoms. The van der Waals surface area contributed by atoms with Crippen LogP contribution in [0.1, 0.15) is 0 Å². The number of fused-ring (bicyclic) bond motifs is 1. The highest BCUT2D eigenvalue weighted by atomic mass is 35.5. The van der Waals surface area contributed by atoms with Gasteiger partial charge in [0, 0.05) is 16.8 Å². The summed E-state index contributed by atoms with van der Waals surface area (Å²) >= 11 is 11.7. The number of hydrogen-bond acceptors (Lipinski definition) is 3. The monoisotopic (exact) mass is 264 g/mol. The number of hydrogen-bond donors (Lipinski definition) is 0. The molecule has 0 spiro atoms. The van der Waals surface area contributed by atoms with Gasteiger partial charge in [0.05, 0.1) is 5.02 Å². The maximum atomic E-state index is 5.91. The van der Waals surface area contributed by atoms with E-state index in [4.69, 9.17) is 27.6 Å². The molecular formula is C12H6Cl2N2O. The predicted molar refractivity (Wildman–Crippen MR) is 67.3 cm³/mol. The van der Waals surface area contributed by atoms with E-state index in [9.17, 15) is 0 Å². The van der Waals surface area contributed by atoms with E-state index >= 15 is 0 Å². The van der Waals surface area contributed by atoms with E-state index in [0.717, 1.165) is 5.56 Å². The minimum atomic E-state index is 0.462. The highest BCUT2D eigenvalue weighted by Gasteiger charge is 2.09. The highest BCUT2D eigenvalue weighted by Crippen LogP contribution is 2.26. The van der Waals surface area contributed by atoms with Gasteiger partial charge in [-0.05, 0) is 24.3 Å². The molecule has 0 saturated carbocycles. The minimum absolute atomic E-state index is 0.462. The third-order valence-corrected chi connectivity index (χ3v) is 2.73. The van der Waals surface area contributed by atoms with Crippen LogP contribution < -0.4 is 0 Å². The van der Waals surface area contributed by atoms with Gasteiger partial charge < -0.3 is 4.42 Å². The van der Waals surface area contributed by atoms with E-state index in [1.807, 2.05) is 12.1 Å². The first-order valence-corrected chi connectivity index (χ1v) is 5.66. The first kappa shape index (κ1) is 10.6. The van der Waals surface area contributed by atoms with Crippen LogP contribution in [0.2, 0.25) is 10.0 Å². The Balaban J connectivity index is 2.18. The van der Waals surface area contributed by atoms with Crippen LogP contribution >= 0.6 is 23.2 Å². The molecule has 0 aliphatic rings. The number of nitrogens with zero attached hydrogens (tertiary/aromatic N) is 2. The van der Waals surface area contributed by atoms with Crippen LogP contribution in [0.3, 0.4) is 0 Å². The molecule has 0 fully saturated rings. The Morgan fingerprint density at radius 3 is 2.76 bits per heavy atom. The minimum Gasteiger partial charge on any atom is -0.418 e.